The Bertz CT molecular complexity index is 814. The van der Waals surface area contributed by atoms with Crippen LogP contribution in [0.4, 0.5) is 23.7 Å². The molecule has 2 fully saturated rings. The lowest BCUT2D eigenvalue weighted by molar-refractivity contribution is -0.148. The summed E-state index contributed by atoms with van der Waals surface area (Å²) < 4.78 is 38.4. The van der Waals surface area contributed by atoms with Gasteiger partial charge in [0.15, 0.2) is 0 Å². The Balaban J connectivity index is 1.62. The second-order valence-corrected chi connectivity index (χ2v) is 7.49. The lowest BCUT2D eigenvalue weighted by Crippen LogP contribution is -2.62. The lowest BCUT2D eigenvalue weighted by atomic mass is 9.95. The molecule has 10 heteroatoms. The molecular weight excluding hydrogens is 389 g/mol. The Hall–Kier alpha value is -2.78. The minimum atomic E-state index is -4.51. The molecule has 4 atom stereocenters. The molecule has 158 valence electrons. The molecule has 0 saturated carbocycles. The Labute approximate surface area is 166 Å². The zero-order valence-electron chi connectivity index (χ0n) is 16.0. The van der Waals surface area contributed by atoms with E-state index < -0.39 is 35.9 Å². The van der Waals surface area contributed by atoms with E-state index in [0.29, 0.717) is 0 Å². The minimum absolute atomic E-state index is 0.00121. The summed E-state index contributed by atoms with van der Waals surface area (Å²) in [6, 6.07) is 1.90. The smallest absolute Gasteiger partial charge is 0.342 e. The molecule has 0 bridgehead atoms. The maximum atomic E-state index is 12.8. The van der Waals surface area contributed by atoms with Gasteiger partial charge in [0, 0.05) is 12.2 Å². The summed E-state index contributed by atoms with van der Waals surface area (Å²) in [5.74, 6) is -0.437. The summed E-state index contributed by atoms with van der Waals surface area (Å²) in [5.41, 5.74) is -0.870. The van der Waals surface area contributed by atoms with Gasteiger partial charge in [0.1, 0.15) is 12.1 Å². The molecule has 2 saturated heterocycles. The Morgan fingerprint density at radius 2 is 2.07 bits per heavy atom. The van der Waals surface area contributed by atoms with Gasteiger partial charge in [-0.2, -0.15) is 13.2 Å². The van der Waals surface area contributed by atoms with Crippen LogP contribution in [0.15, 0.2) is 24.3 Å². The van der Waals surface area contributed by atoms with E-state index in [1.807, 2.05) is 13.8 Å². The second-order valence-electron chi connectivity index (χ2n) is 7.49. The molecule has 3 N–H and O–H groups in total. The molecule has 0 aromatic heterocycles. The standard InChI is InChI=1S/C19H23F3N4O3/c1-3-10(2)15-17(28)26-9-13(8-14(26)16(27)25-15)24-18(29)23-12-6-4-5-11(7-12)19(20,21)22/h4-7,10,13-15H,3,8-9H2,1-2H3,(H,25,27)(H2,23,24,29)/t10-,13-,14-,15-/m0/s1. The SMILES string of the molecule is CC[C@H](C)[C@@H]1NC(=O)[C@@H]2C[C@H](NC(=O)Nc3cccc(C(F)(F)F)c3)CN2C1=O. The van der Waals surface area contributed by atoms with Crippen LogP contribution < -0.4 is 16.0 Å². The van der Waals surface area contributed by atoms with Crippen LogP contribution in [-0.4, -0.2) is 47.4 Å². The monoisotopic (exact) mass is 412 g/mol. The number of carbonyl (C=O) groups is 3. The fourth-order valence-electron chi connectivity index (χ4n) is 3.67. The van der Waals surface area contributed by atoms with Gasteiger partial charge in [-0.3, -0.25) is 9.59 Å². The third-order valence-electron chi connectivity index (χ3n) is 5.45. The highest BCUT2D eigenvalue weighted by molar-refractivity contribution is 5.98. The van der Waals surface area contributed by atoms with Gasteiger partial charge >= 0.3 is 12.2 Å². The molecular formula is C19H23F3N4O3. The number of rotatable bonds is 4. The largest absolute Gasteiger partial charge is 0.416 e. The molecule has 7 nitrogen and oxygen atoms in total. The van der Waals surface area contributed by atoms with E-state index in [4.69, 9.17) is 0 Å². The van der Waals surface area contributed by atoms with Gasteiger partial charge in [0.05, 0.1) is 11.6 Å². The van der Waals surface area contributed by atoms with Crippen molar-refractivity contribution >= 4 is 23.5 Å². The predicted molar refractivity (Wildman–Crippen MR) is 98.9 cm³/mol. The molecule has 2 heterocycles. The molecule has 0 aliphatic carbocycles. The van der Waals surface area contributed by atoms with Gasteiger partial charge in [0.2, 0.25) is 11.8 Å². The van der Waals surface area contributed by atoms with E-state index in [2.05, 4.69) is 16.0 Å². The van der Waals surface area contributed by atoms with Crippen molar-refractivity contribution in [3.8, 4) is 0 Å². The molecule has 4 amide bonds. The van der Waals surface area contributed by atoms with E-state index in [-0.39, 0.29) is 36.4 Å². The van der Waals surface area contributed by atoms with Crippen molar-refractivity contribution in [2.75, 3.05) is 11.9 Å². The van der Waals surface area contributed by atoms with E-state index in [1.165, 1.54) is 17.0 Å². The number of alkyl halides is 3. The average Bonchev–Trinajstić information content (AvgIpc) is 3.08. The fraction of sp³-hybridized carbons (Fsp3) is 0.526. The number of hydrogen-bond acceptors (Lipinski definition) is 3. The van der Waals surface area contributed by atoms with Crippen molar-refractivity contribution in [1.82, 2.24) is 15.5 Å². The Morgan fingerprint density at radius 1 is 1.34 bits per heavy atom. The highest BCUT2D eigenvalue weighted by atomic mass is 19.4. The zero-order valence-corrected chi connectivity index (χ0v) is 16.0. The normalized spacial score (nSPS) is 25.3. The van der Waals surface area contributed by atoms with Crippen LogP contribution in [0.3, 0.4) is 0 Å². The number of hydrogen-bond donors (Lipinski definition) is 3. The number of carbonyl (C=O) groups excluding carboxylic acids is 3. The molecule has 0 spiro atoms. The Kier molecular flexibility index (Phi) is 5.72. The predicted octanol–water partition coefficient (Wildman–Crippen LogP) is 2.34. The van der Waals surface area contributed by atoms with Gasteiger partial charge < -0.3 is 20.9 Å². The summed E-state index contributed by atoms with van der Waals surface area (Å²) in [6.07, 6.45) is -3.53. The van der Waals surface area contributed by atoms with Crippen LogP contribution >= 0.6 is 0 Å². The first-order valence-corrected chi connectivity index (χ1v) is 9.45. The fourth-order valence-corrected chi connectivity index (χ4v) is 3.67. The third-order valence-corrected chi connectivity index (χ3v) is 5.45. The maximum absolute atomic E-state index is 12.8. The van der Waals surface area contributed by atoms with Gasteiger partial charge in [-0.05, 0) is 30.5 Å². The number of nitrogens with zero attached hydrogens (tertiary/aromatic N) is 1. The third kappa shape index (κ3) is 4.46. The summed E-state index contributed by atoms with van der Waals surface area (Å²) in [4.78, 5) is 38.7. The van der Waals surface area contributed by atoms with Gasteiger partial charge in [-0.15, -0.1) is 0 Å². The molecule has 29 heavy (non-hydrogen) atoms. The van der Waals surface area contributed by atoms with E-state index in [1.54, 1.807) is 0 Å². The summed E-state index contributed by atoms with van der Waals surface area (Å²) in [5, 5.41) is 7.76. The zero-order chi connectivity index (χ0) is 21.3. The summed E-state index contributed by atoms with van der Waals surface area (Å²) in [7, 11) is 0. The summed E-state index contributed by atoms with van der Waals surface area (Å²) in [6.45, 7) is 4.00. The number of nitrogens with one attached hydrogen (secondary N) is 3. The number of benzene rings is 1. The van der Waals surface area contributed by atoms with Crippen molar-refractivity contribution in [1.29, 1.82) is 0 Å². The summed E-state index contributed by atoms with van der Waals surface area (Å²) >= 11 is 0. The van der Waals surface area contributed by atoms with E-state index >= 15 is 0 Å². The molecule has 0 unspecified atom stereocenters. The van der Waals surface area contributed by atoms with Crippen molar-refractivity contribution in [2.24, 2.45) is 5.92 Å². The Morgan fingerprint density at radius 3 is 2.72 bits per heavy atom. The lowest BCUT2D eigenvalue weighted by Gasteiger charge is -2.36. The number of amides is 4. The maximum Gasteiger partial charge on any atom is 0.416 e. The first-order chi connectivity index (χ1) is 13.6. The topological polar surface area (TPSA) is 90.5 Å². The van der Waals surface area contributed by atoms with E-state index in [0.717, 1.165) is 18.6 Å². The molecule has 2 aliphatic rings. The van der Waals surface area contributed by atoms with Crippen LogP contribution in [0.5, 0.6) is 0 Å². The van der Waals surface area contributed by atoms with Gasteiger partial charge in [-0.1, -0.05) is 26.3 Å². The highest BCUT2D eigenvalue weighted by Gasteiger charge is 2.47. The minimum Gasteiger partial charge on any atom is -0.342 e. The second kappa shape index (κ2) is 7.92. The number of fused-ring (bicyclic) bond motifs is 1. The van der Waals surface area contributed by atoms with Crippen LogP contribution in [0.1, 0.15) is 32.3 Å². The molecule has 0 radical (unpaired) electrons. The van der Waals surface area contributed by atoms with Crippen LogP contribution in [0.25, 0.3) is 0 Å². The van der Waals surface area contributed by atoms with E-state index in [9.17, 15) is 27.6 Å². The first-order valence-electron chi connectivity index (χ1n) is 9.45. The number of piperazine rings is 1. The van der Waals surface area contributed by atoms with Gasteiger partial charge in [0.25, 0.3) is 0 Å². The van der Waals surface area contributed by atoms with Crippen molar-refractivity contribution in [3.63, 3.8) is 0 Å². The van der Waals surface area contributed by atoms with Crippen LogP contribution in [0, 0.1) is 5.92 Å². The molecule has 1 aromatic carbocycles. The average molecular weight is 412 g/mol. The van der Waals surface area contributed by atoms with Crippen LogP contribution in [0.2, 0.25) is 0 Å². The number of urea groups is 1. The van der Waals surface area contributed by atoms with Crippen molar-refractivity contribution < 1.29 is 27.6 Å². The quantitative estimate of drug-likeness (QED) is 0.709. The molecule has 2 aliphatic heterocycles. The number of anilines is 1. The van der Waals surface area contributed by atoms with Crippen LogP contribution in [-0.2, 0) is 15.8 Å². The number of halogens is 3. The molecule has 1 aromatic rings. The highest BCUT2D eigenvalue weighted by Crippen LogP contribution is 2.31. The van der Waals surface area contributed by atoms with Gasteiger partial charge in [-0.25, -0.2) is 4.79 Å². The first kappa shape index (κ1) is 20.9. The van der Waals surface area contributed by atoms with Crippen molar-refractivity contribution in [2.45, 2.75) is 51.0 Å². The molecule has 3 rings (SSSR count). The van der Waals surface area contributed by atoms with Crippen molar-refractivity contribution in [3.05, 3.63) is 29.8 Å².